The van der Waals surface area contributed by atoms with Crippen LogP contribution in [0.4, 0.5) is 30.7 Å². The standard InChI is InChI=1S/C33H31F7O/c1-2-25(34)32(39)21-9-5-18(6-10-21)22-11-12-30(41-17-22)20-7-3-19(4-8-20)23-13-26(35)31(27(36)14-23)24-15-28(37)33(40)29(38)16-24/h5-6,9-10,13-16,19-20,22,30H,2-4,7-8,11-12,17H2,1H3/b32-25+. The van der Waals surface area contributed by atoms with Gasteiger partial charge in [0.25, 0.3) is 0 Å². The van der Waals surface area contributed by atoms with Gasteiger partial charge in [-0.05, 0) is 97.7 Å². The number of rotatable bonds is 6. The molecule has 0 spiro atoms. The summed E-state index contributed by atoms with van der Waals surface area (Å²) in [6.45, 7) is 2.10. The van der Waals surface area contributed by atoms with Gasteiger partial charge in [0.1, 0.15) is 17.5 Å². The predicted octanol–water partition coefficient (Wildman–Crippen LogP) is 10.3. The molecule has 2 aliphatic rings. The molecule has 2 atom stereocenters. The maximum Gasteiger partial charge on any atom is 0.194 e. The normalized spacial score (nSPS) is 23.8. The summed E-state index contributed by atoms with van der Waals surface area (Å²) >= 11 is 0. The Hall–Kier alpha value is -3.13. The third-order valence-corrected chi connectivity index (χ3v) is 8.60. The van der Waals surface area contributed by atoms with E-state index < -0.39 is 51.9 Å². The van der Waals surface area contributed by atoms with Gasteiger partial charge in [-0.15, -0.1) is 0 Å². The molecule has 2 unspecified atom stereocenters. The molecule has 2 fully saturated rings. The van der Waals surface area contributed by atoms with E-state index in [4.69, 9.17) is 4.74 Å². The number of ether oxygens (including phenoxy) is 1. The Kier molecular flexibility index (Phi) is 8.88. The van der Waals surface area contributed by atoms with Crippen molar-refractivity contribution in [2.24, 2.45) is 5.92 Å². The van der Waals surface area contributed by atoms with Crippen LogP contribution in [0.15, 0.2) is 54.4 Å². The summed E-state index contributed by atoms with van der Waals surface area (Å²) in [6.07, 6.45) is 4.99. The van der Waals surface area contributed by atoms with Gasteiger partial charge in [0, 0.05) is 11.5 Å². The van der Waals surface area contributed by atoms with E-state index in [2.05, 4.69) is 0 Å². The summed E-state index contributed by atoms with van der Waals surface area (Å²) < 4.78 is 104. The quantitative estimate of drug-likeness (QED) is 0.210. The first-order chi connectivity index (χ1) is 19.7. The van der Waals surface area contributed by atoms with Crippen molar-refractivity contribution in [3.63, 3.8) is 0 Å². The lowest BCUT2D eigenvalue weighted by atomic mass is 9.74. The number of hydrogen-bond donors (Lipinski definition) is 0. The van der Waals surface area contributed by atoms with Crippen molar-refractivity contribution in [1.82, 2.24) is 0 Å². The van der Waals surface area contributed by atoms with E-state index >= 15 is 0 Å². The molecule has 8 heteroatoms. The van der Waals surface area contributed by atoms with E-state index in [9.17, 15) is 30.7 Å². The highest BCUT2D eigenvalue weighted by Crippen LogP contribution is 2.42. The molecule has 0 N–H and O–H groups in total. The largest absolute Gasteiger partial charge is 0.377 e. The lowest BCUT2D eigenvalue weighted by Gasteiger charge is -2.38. The molecule has 41 heavy (non-hydrogen) atoms. The lowest BCUT2D eigenvalue weighted by Crippen LogP contribution is -2.33. The van der Waals surface area contributed by atoms with Crippen molar-refractivity contribution in [1.29, 1.82) is 0 Å². The van der Waals surface area contributed by atoms with Crippen molar-refractivity contribution in [2.75, 3.05) is 6.61 Å². The van der Waals surface area contributed by atoms with Crippen LogP contribution in [0.2, 0.25) is 0 Å². The predicted molar refractivity (Wildman–Crippen MR) is 144 cm³/mol. The van der Waals surface area contributed by atoms with Crippen molar-refractivity contribution in [2.45, 2.75) is 69.8 Å². The minimum absolute atomic E-state index is 0.00947. The summed E-state index contributed by atoms with van der Waals surface area (Å²) in [4.78, 5) is 0. The van der Waals surface area contributed by atoms with Gasteiger partial charge in [-0.25, -0.2) is 30.7 Å². The van der Waals surface area contributed by atoms with Crippen molar-refractivity contribution >= 4 is 5.83 Å². The Morgan fingerprint density at radius 1 is 0.707 bits per heavy atom. The summed E-state index contributed by atoms with van der Waals surface area (Å²) in [5.41, 5.74) is 0.759. The molecule has 3 aromatic rings. The van der Waals surface area contributed by atoms with E-state index in [1.165, 1.54) is 12.1 Å². The highest BCUT2D eigenvalue weighted by Gasteiger charge is 2.33. The first kappa shape index (κ1) is 29.4. The van der Waals surface area contributed by atoms with Crippen LogP contribution in [0.1, 0.15) is 80.4 Å². The van der Waals surface area contributed by atoms with E-state index in [0.717, 1.165) is 44.1 Å². The molecule has 0 amide bonds. The van der Waals surface area contributed by atoms with Crippen LogP contribution in [-0.2, 0) is 4.74 Å². The van der Waals surface area contributed by atoms with Crippen LogP contribution in [-0.4, -0.2) is 12.7 Å². The molecule has 0 aromatic heterocycles. The smallest absolute Gasteiger partial charge is 0.194 e. The minimum atomic E-state index is -1.69. The van der Waals surface area contributed by atoms with Gasteiger partial charge in [0.2, 0.25) is 0 Å². The maximum absolute atomic E-state index is 14.9. The fraction of sp³-hybridized carbons (Fsp3) is 0.394. The van der Waals surface area contributed by atoms with Gasteiger partial charge >= 0.3 is 0 Å². The second kappa shape index (κ2) is 12.4. The van der Waals surface area contributed by atoms with Gasteiger partial charge < -0.3 is 4.74 Å². The lowest BCUT2D eigenvalue weighted by molar-refractivity contribution is -0.0411. The third kappa shape index (κ3) is 6.22. The summed E-state index contributed by atoms with van der Waals surface area (Å²) in [6, 6.07) is 10.4. The van der Waals surface area contributed by atoms with Crippen molar-refractivity contribution in [3.05, 3.63) is 100 Å². The first-order valence-corrected chi connectivity index (χ1v) is 14.1. The molecule has 1 saturated carbocycles. The van der Waals surface area contributed by atoms with E-state index in [0.29, 0.717) is 30.2 Å². The second-order valence-electron chi connectivity index (χ2n) is 11.1. The summed E-state index contributed by atoms with van der Waals surface area (Å²) in [5, 5.41) is 0. The van der Waals surface area contributed by atoms with Crippen LogP contribution in [0.5, 0.6) is 0 Å². The molecule has 1 aliphatic heterocycles. The molecular weight excluding hydrogens is 545 g/mol. The fourth-order valence-corrected chi connectivity index (χ4v) is 6.25. The number of allylic oxidation sites excluding steroid dienone is 1. The average Bonchev–Trinajstić information content (AvgIpc) is 2.99. The molecular formula is C33H31F7O. The van der Waals surface area contributed by atoms with Crippen LogP contribution in [0.25, 0.3) is 17.0 Å². The molecule has 1 aliphatic carbocycles. The maximum atomic E-state index is 14.9. The Bertz CT molecular complexity index is 1370. The molecule has 0 radical (unpaired) electrons. The Morgan fingerprint density at radius 2 is 1.29 bits per heavy atom. The van der Waals surface area contributed by atoms with Gasteiger partial charge in [0.15, 0.2) is 23.3 Å². The minimum Gasteiger partial charge on any atom is -0.377 e. The van der Waals surface area contributed by atoms with Crippen LogP contribution >= 0.6 is 0 Å². The molecule has 0 bridgehead atoms. The average molecular weight is 577 g/mol. The van der Waals surface area contributed by atoms with E-state index in [1.807, 2.05) is 12.1 Å². The van der Waals surface area contributed by atoms with E-state index in [-0.39, 0.29) is 29.9 Å². The zero-order chi connectivity index (χ0) is 29.3. The van der Waals surface area contributed by atoms with Crippen LogP contribution in [0, 0.1) is 35.0 Å². The Labute approximate surface area is 235 Å². The molecule has 5 rings (SSSR count). The van der Waals surface area contributed by atoms with E-state index in [1.54, 1.807) is 19.1 Å². The Balaban J connectivity index is 1.17. The van der Waals surface area contributed by atoms with Gasteiger partial charge in [0.05, 0.1) is 18.3 Å². The SMILES string of the molecule is CC/C(F)=C(\F)c1ccc(C2CCC(C3CCC(c4cc(F)c(-c5cc(F)c(F)c(F)c5)c(F)c4)CC3)OC2)cc1. The molecule has 1 saturated heterocycles. The zero-order valence-corrected chi connectivity index (χ0v) is 22.6. The highest BCUT2D eigenvalue weighted by atomic mass is 19.2. The molecule has 1 heterocycles. The van der Waals surface area contributed by atoms with Crippen molar-refractivity contribution in [3.8, 4) is 11.1 Å². The fourth-order valence-electron chi connectivity index (χ4n) is 6.25. The van der Waals surface area contributed by atoms with Crippen LogP contribution in [0.3, 0.4) is 0 Å². The monoisotopic (exact) mass is 576 g/mol. The first-order valence-electron chi connectivity index (χ1n) is 14.1. The summed E-state index contributed by atoms with van der Waals surface area (Å²) in [5.74, 6) is -7.76. The molecule has 218 valence electrons. The molecule has 3 aromatic carbocycles. The van der Waals surface area contributed by atoms with Gasteiger partial charge in [-0.2, -0.15) is 0 Å². The second-order valence-corrected chi connectivity index (χ2v) is 11.1. The number of halogens is 7. The van der Waals surface area contributed by atoms with Gasteiger partial charge in [-0.1, -0.05) is 31.2 Å². The Morgan fingerprint density at radius 3 is 1.83 bits per heavy atom. The topological polar surface area (TPSA) is 9.23 Å². The zero-order valence-electron chi connectivity index (χ0n) is 22.6. The van der Waals surface area contributed by atoms with Gasteiger partial charge in [-0.3, -0.25) is 0 Å². The van der Waals surface area contributed by atoms with Crippen LogP contribution < -0.4 is 0 Å². The molecule has 1 nitrogen and oxygen atoms in total. The summed E-state index contributed by atoms with van der Waals surface area (Å²) in [7, 11) is 0. The van der Waals surface area contributed by atoms with Crippen molar-refractivity contribution < 1.29 is 35.5 Å². The third-order valence-electron chi connectivity index (χ3n) is 8.60. The number of hydrogen-bond acceptors (Lipinski definition) is 1. The highest BCUT2D eigenvalue weighted by molar-refractivity contribution is 5.66. The number of benzene rings is 3.